The molecule has 0 saturated heterocycles. The lowest BCUT2D eigenvalue weighted by atomic mass is 9.93. The minimum absolute atomic E-state index is 0.644. The molecule has 0 bridgehead atoms. The van der Waals surface area contributed by atoms with Crippen molar-refractivity contribution in [3.05, 3.63) is 194 Å². The lowest BCUT2D eigenvalue weighted by Gasteiger charge is -2.17. The van der Waals surface area contributed by atoms with Crippen molar-refractivity contribution in [3.63, 3.8) is 0 Å². The molecule has 0 fully saturated rings. The molecular weight excluding hydrogens is 645 g/mol. The maximum Gasteiger partial charge on any atom is 0.164 e. The number of hydrogen-bond acceptors (Lipinski definition) is 3. The zero-order valence-corrected chi connectivity index (χ0v) is 28.8. The zero-order chi connectivity index (χ0) is 35.1. The van der Waals surface area contributed by atoms with Crippen LogP contribution in [0.3, 0.4) is 0 Å². The molecular formula is C49H32N4. The van der Waals surface area contributed by atoms with E-state index in [2.05, 4.69) is 138 Å². The highest BCUT2D eigenvalue weighted by molar-refractivity contribution is 6.12. The summed E-state index contributed by atoms with van der Waals surface area (Å²) in [6.07, 6.45) is 0. The van der Waals surface area contributed by atoms with E-state index in [4.69, 9.17) is 15.0 Å². The van der Waals surface area contributed by atoms with Crippen LogP contribution < -0.4 is 0 Å². The summed E-state index contributed by atoms with van der Waals surface area (Å²) in [6.45, 7) is 0. The van der Waals surface area contributed by atoms with Gasteiger partial charge in [0.25, 0.3) is 0 Å². The van der Waals surface area contributed by atoms with Crippen LogP contribution in [-0.4, -0.2) is 19.5 Å². The molecule has 0 aliphatic rings. The van der Waals surface area contributed by atoms with Crippen molar-refractivity contribution in [1.29, 1.82) is 0 Å². The van der Waals surface area contributed by atoms with E-state index in [1.54, 1.807) is 0 Å². The van der Waals surface area contributed by atoms with Crippen LogP contribution in [0, 0.1) is 0 Å². The quantitative estimate of drug-likeness (QED) is 0.176. The van der Waals surface area contributed by atoms with Crippen molar-refractivity contribution in [2.75, 3.05) is 0 Å². The molecule has 2 heterocycles. The first-order valence-electron chi connectivity index (χ1n) is 17.9. The van der Waals surface area contributed by atoms with Crippen molar-refractivity contribution in [3.8, 4) is 62.1 Å². The fraction of sp³-hybridized carbons (Fsp3) is 0. The van der Waals surface area contributed by atoms with Gasteiger partial charge in [0.15, 0.2) is 17.5 Å². The van der Waals surface area contributed by atoms with Crippen LogP contribution in [0.15, 0.2) is 194 Å². The Balaban J connectivity index is 1.17. The van der Waals surface area contributed by atoms with Crippen LogP contribution in [0.5, 0.6) is 0 Å². The van der Waals surface area contributed by atoms with Gasteiger partial charge in [-0.2, -0.15) is 0 Å². The van der Waals surface area contributed by atoms with Gasteiger partial charge in [-0.25, -0.2) is 15.0 Å². The minimum atomic E-state index is 0.644. The summed E-state index contributed by atoms with van der Waals surface area (Å²) in [5.74, 6) is 1.94. The van der Waals surface area contributed by atoms with Gasteiger partial charge in [-0.05, 0) is 57.8 Å². The number of nitrogens with zero attached hydrogens (tertiary/aromatic N) is 4. The van der Waals surface area contributed by atoms with Crippen molar-refractivity contribution < 1.29 is 0 Å². The fourth-order valence-corrected chi connectivity index (χ4v) is 7.60. The van der Waals surface area contributed by atoms with E-state index in [9.17, 15) is 0 Å². The number of rotatable bonds is 6. The van der Waals surface area contributed by atoms with Gasteiger partial charge in [0, 0.05) is 33.0 Å². The number of benzene rings is 8. The number of para-hydroxylation sites is 2. The molecule has 0 atom stereocenters. The molecule has 4 heteroatoms. The van der Waals surface area contributed by atoms with Crippen LogP contribution >= 0.6 is 0 Å². The van der Waals surface area contributed by atoms with Crippen LogP contribution in [0.2, 0.25) is 0 Å². The molecule has 4 nitrogen and oxygen atoms in total. The van der Waals surface area contributed by atoms with Gasteiger partial charge in [0.2, 0.25) is 0 Å². The van der Waals surface area contributed by atoms with Gasteiger partial charge in [-0.3, -0.25) is 0 Å². The first kappa shape index (κ1) is 30.6. The average molecular weight is 677 g/mol. The first-order valence-corrected chi connectivity index (χ1v) is 17.9. The second-order valence-electron chi connectivity index (χ2n) is 13.2. The van der Waals surface area contributed by atoms with E-state index in [0.717, 1.165) is 44.3 Å². The highest BCUT2D eigenvalue weighted by Gasteiger charge is 2.20. The standard InChI is InChI=1S/C49H32N4/c1-4-16-33(17-5-1)36-28-31-46-43(32-36)41-25-13-15-27-45(41)53(46)44-26-14-12-24-40(44)39-29-30-42(38-23-11-10-22-37(38)39)49-51-47(34-18-6-2-7-19-34)50-48(52-49)35-20-8-3-9-21-35/h1-32H. The lowest BCUT2D eigenvalue weighted by molar-refractivity contribution is 1.08. The SMILES string of the molecule is c1ccc(-c2ccc3c(c2)c2ccccc2n3-c2ccccc2-c2ccc(-c3nc(-c4ccccc4)nc(-c4ccccc4)n3)c3ccccc23)cc1. The molecule has 0 radical (unpaired) electrons. The Hall–Kier alpha value is -7.17. The Labute approximate surface area is 307 Å². The van der Waals surface area contributed by atoms with E-state index < -0.39 is 0 Å². The molecule has 53 heavy (non-hydrogen) atoms. The van der Waals surface area contributed by atoms with Crippen molar-refractivity contribution in [2.24, 2.45) is 0 Å². The van der Waals surface area contributed by atoms with Crippen molar-refractivity contribution in [2.45, 2.75) is 0 Å². The Morgan fingerprint density at radius 2 is 0.774 bits per heavy atom. The van der Waals surface area contributed by atoms with Crippen LogP contribution in [0.25, 0.3) is 94.7 Å². The summed E-state index contributed by atoms with van der Waals surface area (Å²) in [5.41, 5.74) is 11.0. The number of hydrogen-bond donors (Lipinski definition) is 0. The third kappa shape index (κ3) is 5.36. The van der Waals surface area contributed by atoms with E-state index in [1.165, 1.54) is 32.9 Å². The highest BCUT2D eigenvalue weighted by Crippen LogP contribution is 2.41. The highest BCUT2D eigenvalue weighted by atomic mass is 15.0. The Bertz CT molecular complexity index is 2870. The predicted octanol–water partition coefficient (Wildman–Crippen LogP) is 12.5. The maximum absolute atomic E-state index is 5.08. The molecule has 248 valence electrons. The summed E-state index contributed by atoms with van der Waals surface area (Å²) in [4.78, 5) is 15.1. The summed E-state index contributed by atoms with van der Waals surface area (Å²) in [6, 6.07) is 68.2. The normalized spacial score (nSPS) is 11.4. The van der Waals surface area contributed by atoms with Crippen molar-refractivity contribution in [1.82, 2.24) is 19.5 Å². The summed E-state index contributed by atoms with van der Waals surface area (Å²) >= 11 is 0. The van der Waals surface area contributed by atoms with E-state index in [0.29, 0.717) is 17.5 Å². The van der Waals surface area contributed by atoms with Gasteiger partial charge in [0.1, 0.15) is 0 Å². The first-order chi connectivity index (χ1) is 26.3. The van der Waals surface area contributed by atoms with Gasteiger partial charge in [0.05, 0.1) is 16.7 Å². The molecule has 0 spiro atoms. The van der Waals surface area contributed by atoms with Crippen LogP contribution in [-0.2, 0) is 0 Å². The predicted molar refractivity (Wildman–Crippen MR) is 219 cm³/mol. The molecule has 0 aliphatic carbocycles. The molecule has 0 unspecified atom stereocenters. The third-order valence-electron chi connectivity index (χ3n) is 10.1. The summed E-state index contributed by atoms with van der Waals surface area (Å²) < 4.78 is 2.42. The molecule has 10 aromatic rings. The zero-order valence-electron chi connectivity index (χ0n) is 28.8. The number of fused-ring (bicyclic) bond motifs is 4. The second-order valence-corrected chi connectivity index (χ2v) is 13.2. The number of aromatic nitrogens is 4. The lowest BCUT2D eigenvalue weighted by Crippen LogP contribution is -2.01. The third-order valence-corrected chi connectivity index (χ3v) is 10.1. The molecule has 0 amide bonds. The van der Waals surface area contributed by atoms with Crippen LogP contribution in [0.4, 0.5) is 0 Å². The van der Waals surface area contributed by atoms with E-state index >= 15 is 0 Å². The minimum Gasteiger partial charge on any atom is -0.309 e. The van der Waals surface area contributed by atoms with E-state index in [-0.39, 0.29) is 0 Å². The Kier molecular flexibility index (Phi) is 7.43. The maximum atomic E-state index is 5.08. The Morgan fingerprint density at radius 3 is 1.45 bits per heavy atom. The molecule has 8 aromatic carbocycles. The average Bonchev–Trinajstić information content (AvgIpc) is 3.57. The van der Waals surface area contributed by atoms with Gasteiger partial charge in [-0.15, -0.1) is 0 Å². The molecule has 0 saturated carbocycles. The summed E-state index contributed by atoms with van der Waals surface area (Å²) in [5, 5.41) is 4.68. The van der Waals surface area contributed by atoms with Gasteiger partial charge < -0.3 is 4.57 Å². The Morgan fingerprint density at radius 1 is 0.283 bits per heavy atom. The van der Waals surface area contributed by atoms with Gasteiger partial charge >= 0.3 is 0 Å². The van der Waals surface area contributed by atoms with Crippen molar-refractivity contribution >= 4 is 32.6 Å². The second kappa shape index (κ2) is 12.9. The van der Waals surface area contributed by atoms with E-state index in [1.807, 2.05) is 60.7 Å². The summed E-state index contributed by atoms with van der Waals surface area (Å²) in [7, 11) is 0. The van der Waals surface area contributed by atoms with Crippen LogP contribution in [0.1, 0.15) is 0 Å². The molecule has 0 N–H and O–H groups in total. The monoisotopic (exact) mass is 676 g/mol. The topological polar surface area (TPSA) is 43.6 Å². The fourth-order valence-electron chi connectivity index (χ4n) is 7.60. The molecule has 2 aromatic heterocycles. The smallest absolute Gasteiger partial charge is 0.164 e. The largest absolute Gasteiger partial charge is 0.309 e. The molecule has 0 aliphatic heterocycles. The molecule has 10 rings (SSSR count). The van der Waals surface area contributed by atoms with Gasteiger partial charge in [-0.1, -0.05) is 164 Å².